The van der Waals surface area contributed by atoms with Crippen LogP contribution in [-0.2, 0) is 5.60 Å². The van der Waals surface area contributed by atoms with Crippen LogP contribution in [-0.4, -0.2) is 56.8 Å². The summed E-state index contributed by atoms with van der Waals surface area (Å²) in [6.07, 6.45) is 15.5. The Balaban J connectivity index is 1.11. The first-order chi connectivity index (χ1) is 24.0. The molecule has 7 aliphatic rings. The van der Waals surface area contributed by atoms with E-state index in [1.807, 2.05) is 60.7 Å². The van der Waals surface area contributed by atoms with Crippen molar-refractivity contribution < 1.29 is 24.5 Å². The van der Waals surface area contributed by atoms with Gasteiger partial charge >= 0.3 is 0 Å². The van der Waals surface area contributed by atoms with Crippen molar-refractivity contribution in [3.8, 4) is 0 Å². The third-order valence-electron chi connectivity index (χ3n) is 15.4. The maximum absolute atomic E-state index is 14.6. The monoisotopic (exact) mass is 673 g/mol. The van der Waals surface area contributed by atoms with Gasteiger partial charge in [-0.05, 0) is 105 Å². The maximum Gasteiger partial charge on any atom is 0.224 e. The number of furan rings is 1. The van der Waals surface area contributed by atoms with Gasteiger partial charge in [-0.1, -0.05) is 92.7 Å². The standard InChI is InChI=1S/C44H51NO5/c1-39-20-17-32(46)27-41(39)23-24-43(33(28-41)38(47)34-15-10-26-50-34)35(39)18-21-40(2)36(43)19-22-42(40,48)29-45-25-9-16-37(45)44(49,30-11-5-3-6-12-30)31-13-7-4-8-14-31/h3-8,10-15,23-24,26,28,32,35-37,46,48-49H,9,16-22,25,27,29H2,1-2H3/t32?,35-,36-,37-,39-,40+,41+,42-,43-/m1/s1. The van der Waals surface area contributed by atoms with Gasteiger partial charge in [-0.3, -0.25) is 9.69 Å². The zero-order valence-electron chi connectivity index (χ0n) is 29.4. The molecule has 1 aliphatic heterocycles. The molecule has 6 aliphatic carbocycles. The number of Topliss-reactive ketones (excluding diaryl/α,β-unsaturated/α-hetero) is 1. The van der Waals surface area contributed by atoms with Crippen LogP contribution in [0.1, 0.15) is 93.3 Å². The minimum Gasteiger partial charge on any atom is -0.461 e. The highest BCUT2D eigenvalue weighted by Crippen LogP contribution is 2.78. The highest BCUT2D eigenvalue weighted by molar-refractivity contribution is 6.08. The highest BCUT2D eigenvalue weighted by atomic mass is 16.3. The summed E-state index contributed by atoms with van der Waals surface area (Å²) in [4.78, 5) is 16.9. The summed E-state index contributed by atoms with van der Waals surface area (Å²) >= 11 is 0. The van der Waals surface area contributed by atoms with Crippen LogP contribution in [0.5, 0.6) is 0 Å². The lowest BCUT2D eigenvalue weighted by Gasteiger charge is -2.71. The van der Waals surface area contributed by atoms with Crippen molar-refractivity contribution in [3.63, 3.8) is 0 Å². The molecule has 4 fully saturated rings. The van der Waals surface area contributed by atoms with Crippen LogP contribution in [0.25, 0.3) is 0 Å². The number of nitrogens with zero attached hydrogens (tertiary/aromatic N) is 1. The molecule has 10 rings (SSSR count). The Morgan fingerprint density at radius 3 is 2.20 bits per heavy atom. The largest absolute Gasteiger partial charge is 0.461 e. The third-order valence-corrected chi connectivity index (χ3v) is 15.4. The van der Waals surface area contributed by atoms with Gasteiger partial charge < -0.3 is 19.7 Å². The van der Waals surface area contributed by atoms with Crippen molar-refractivity contribution in [2.75, 3.05) is 13.1 Å². The van der Waals surface area contributed by atoms with E-state index in [9.17, 15) is 20.1 Å². The lowest BCUT2D eigenvalue weighted by atomic mass is 9.32. The molecule has 9 atom stereocenters. The van der Waals surface area contributed by atoms with Crippen LogP contribution in [0.3, 0.4) is 0 Å². The minimum atomic E-state index is -1.23. The second-order valence-corrected chi connectivity index (χ2v) is 17.2. The van der Waals surface area contributed by atoms with Crippen molar-refractivity contribution in [1.29, 1.82) is 0 Å². The van der Waals surface area contributed by atoms with Gasteiger partial charge in [0.25, 0.3) is 0 Å². The van der Waals surface area contributed by atoms with E-state index in [0.717, 1.165) is 68.2 Å². The molecule has 2 bridgehead atoms. The molecule has 2 heterocycles. The van der Waals surface area contributed by atoms with Gasteiger partial charge in [0, 0.05) is 34.4 Å². The first kappa shape index (κ1) is 32.6. The number of carbonyl (C=O) groups is 1. The van der Waals surface area contributed by atoms with Gasteiger partial charge in [-0.2, -0.15) is 0 Å². The Kier molecular flexibility index (Phi) is 7.24. The lowest BCUT2D eigenvalue weighted by molar-refractivity contribution is -0.178. The Morgan fingerprint density at radius 1 is 0.860 bits per heavy atom. The number of likely N-dealkylation sites (tertiary alicyclic amines) is 1. The SMILES string of the molecule is C[C@]12CC[C@H]3[C@]4(C=C[C@@]5(C=C4C(=O)c4ccco4)CC(O)CC[C@]35C)[C@@H]1CC[C@@]2(O)CN1CCC[C@@H]1C(O)(c1ccccc1)c1ccccc1. The van der Waals surface area contributed by atoms with Gasteiger partial charge in [0.05, 0.1) is 18.0 Å². The number of allylic oxidation sites excluding steroid dienone is 4. The molecule has 3 N–H and O–H groups in total. The summed E-state index contributed by atoms with van der Waals surface area (Å²) in [7, 11) is 0. The van der Waals surface area contributed by atoms with Crippen molar-refractivity contribution in [2.24, 2.45) is 33.5 Å². The van der Waals surface area contributed by atoms with Gasteiger partial charge in [0.2, 0.25) is 5.78 Å². The number of carbonyl (C=O) groups excluding carboxylic acids is 1. The maximum atomic E-state index is 14.6. The van der Waals surface area contributed by atoms with Gasteiger partial charge in [0.1, 0.15) is 5.60 Å². The number of benzene rings is 2. The van der Waals surface area contributed by atoms with E-state index in [-0.39, 0.29) is 34.5 Å². The topological polar surface area (TPSA) is 94.1 Å². The molecule has 2 aromatic carbocycles. The fourth-order valence-electron chi connectivity index (χ4n) is 12.9. The predicted octanol–water partition coefficient (Wildman–Crippen LogP) is 7.45. The molecule has 262 valence electrons. The van der Waals surface area contributed by atoms with Crippen LogP contribution >= 0.6 is 0 Å². The summed E-state index contributed by atoms with van der Waals surface area (Å²) in [5.41, 5.74) is -1.11. The number of aliphatic hydroxyl groups excluding tert-OH is 1. The van der Waals surface area contributed by atoms with Crippen molar-refractivity contribution in [2.45, 2.75) is 95.0 Å². The average Bonchev–Trinajstić information content (AvgIpc) is 3.89. The number of hydrogen-bond acceptors (Lipinski definition) is 6. The number of rotatable bonds is 7. The number of β-amino-alcohol motifs (C(OH)–C–C–N with tert-alkyl or cyclic N) is 1. The molecule has 3 aromatic rings. The van der Waals surface area contributed by atoms with E-state index < -0.39 is 28.1 Å². The molecule has 1 unspecified atom stereocenters. The van der Waals surface area contributed by atoms with Crippen LogP contribution in [0.15, 0.2) is 107 Å². The summed E-state index contributed by atoms with van der Waals surface area (Å²) in [6, 6.07) is 23.4. The van der Waals surface area contributed by atoms with Crippen molar-refractivity contribution >= 4 is 5.78 Å². The average molecular weight is 674 g/mol. The van der Waals surface area contributed by atoms with Crippen molar-refractivity contribution in [3.05, 3.63) is 120 Å². The van der Waals surface area contributed by atoms with E-state index in [2.05, 4.69) is 37.0 Å². The van der Waals surface area contributed by atoms with E-state index in [0.29, 0.717) is 25.1 Å². The quantitative estimate of drug-likeness (QED) is 0.178. The Labute approximate surface area is 295 Å². The smallest absolute Gasteiger partial charge is 0.224 e. The zero-order valence-corrected chi connectivity index (χ0v) is 29.4. The molecule has 1 saturated heterocycles. The van der Waals surface area contributed by atoms with Crippen LogP contribution < -0.4 is 0 Å². The molecule has 2 spiro atoms. The summed E-state index contributed by atoms with van der Waals surface area (Å²) in [6.45, 7) is 6.01. The van der Waals surface area contributed by atoms with Gasteiger partial charge in [-0.15, -0.1) is 0 Å². The van der Waals surface area contributed by atoms with Gasteiger partial charge in [0.15, 0.2) is 5.76 Å². The normalized spacial score (nSPS) is 40.6. The molecular formula is C44H51NO5. The lowest BCUT2D eigenvalue weighted by Crippen LogP contribution is -2.67. The van der Waals surface area contributed by atoms with E-state index >= 15 is 0 Å². The molecule has 6 heteroatoms. The van der Waals surface area contributed by atoms with E-state index in [1.54, 1.807) is 18.4 Å². The molecule has 3 saturated carbocycles. The molecular weight excluding hydrogens is 622 g/mol. The fraction of sp³-hybridized carbons (Fsp3) is 0.523. The van der Waals surface area contributed by atoms with E-state index in [4.69, 9.17) is 4.42 Å². The Hall–Kier alpha value is -3.29. The van der Waals surface area contributed by atoms with Crippen molar-refractivity contribution in [1.82, 2.24) is 4.90 Å². The van der Waals surface area contributed by atoms with E-state index in [1.165, 1.54) is 0 Å². The summed E-state index contributed by atoms with van der Waals surface area (Å²) in [5, 5.41) is 37.0. The molecule has 0 radical (unpaired) electrons. The third kappa shape index (κ3) is 4.14. The fourth-order valence-corrected chi connectivity index (χ4v) is 12.9. The summed E-state index contributed by atoms with van der Waals surface area (Å²) < 4.78 is 5.75. The zero-order chi connectivity index (χ0) is 34.6. The first-order valence-corrected chi connectivity index (χ1v) is 19.0. The molecule has 1 aromatic heterocycles. The second-order valence-electron chi connectivity index (χ2n) is 17.2. The molecule has 6 nitrogen and oxygen atoms in total. The Morgan fingerprint density at radius 2 is 1.52 bits per heavy atom. The minimum absolute atomic E-state index is 0.0547. The van der Waals surface area contributed by atoms with Crippen LogP contribution in [0.2, 0.25) is 0 Å². The first-order valence-electron chi connectivity index (χ1n) is 19.0. The van der Waals surface area contributed by atoms with Crippen LogP contribution in [0, 0.1) is 33.5 Å². The Bertz CT molecular complexity index is 1800. The second kappa shape index (κ2) is 11.1. The number of aliphatic hydroxyl groups is 3. The van der Waals surface area contributed by atoms with Gasteiger partial charge in [-0.25, -0.2) is 0 Å². The summed E-state index contributed by atoms with van der Waals surface area (Å²) in [5.74, 6) is 0.597. The number of ketones is 1. The predicted molar refractivity (Wildman–Crippen MR) is 192 cm³/mol. The highest BCUT2D eigenvalue weighted by Gasteiger charge is 2.74. The van der Waals surface area contributed by atoms with Crippen LogP contribution in [0.4, 0.5) is 0 Å². The molecule has 0 amide bonds. The number of fused-ring (bicyclic) bond motifs is 1. The molecule has 50 heavy (non-hydrogen) atoms. The number of hydrogen-bond donors (Lipinski definition) is 3.